The Morgan fingerprint density at radius 1 is 1.77 bits per heavy atom. The third kappa shape index (κ3) is 1.56. The van der Waals surface area contributed by atoms with Crippen molar-refractivity contribution in [3.8, 4) is 0 Å². The van der Waals surface area contributed by atoms with Crippen molar-refractivity contribution >= 4 is 5.97 Å². The molecule has 1 fully saturated rings. The van der Waals surface area contributed by atoms with Crippen LogP contribution in [0.5, 0.6) is 0 Å². The molecular formula is C9H12N2O2. The molecule has 70 valence electrons. The maximum Gasteiger partial charge on any atom is 0.354 e. The molecule has 1 saturated carbocycles. The second-order valence-corrected chi connectivity index (χ2v) is 3.61. The van der Waals surface area contributed by atoms with Gasteiger partial charge in [-0.2, -0.15) is 5.10 Å². The van der Waals surface area contributed by atoms with E-state index in [-0.39, 0.29) is 0 Å². The van der Waals surface area contributed by atoms with Gasteiger partial charge in [-0.25, -0.2) is 4.79 Å². The summed E-state index contributed by atoms with van der Waals surface area (Å²) in [5, 5.41) is 13.0. The lowest BCUT2D eigenvalue weighted by molar-refractivity contribution is 0.0682. The summed E-state index contributed by atoms with van der Waals surface area (Å²) < 4.78 is 1.61. The van der Waals surface area contributed by atoms with Crippen molar-refractivity contribution in [2.24, 2.45) is 5.92 Å². The lowest BCUT2D eigenvalue weighted by Crippen LogP contribution is -2.12. The van der Waals surface area contributed by atoms with E-state index in [0.29, 0.717) is 11.6 Å². The average Bonchev–Trinajstić information content (AvgIpc) is 2.76. The number of hydrogen-bond acceptors (Lipinski definition) is 2. The first-order chi connectivity index (χ1) is 6.18. The molecule has 2 rings (SSSR count). The Bertz CT molecular complexity index is 339. The van der Waals surface area contributed by atoms with E-state index in [1.54, 1.807) is 17.8 Å². The monoisotopic (exact) mass is 180 g/mol. The molecule has 0 amide bonds. The summed E-state index contributed by atoms with van der Waals surface area (Å²) in [7, 11) is 0. The number of carboxylic acid groups (broad SMARTS) is 1. The molecule has 0 radical (unpaired) electrons. The molecule has 1 aromatic rings. The van der Waals surface area contributed by atoms with Crippen molar-refractivity contribution in [3.63, 3.8) is 0 Å². The molecule has 0 spiro atoms. The number of aromatic nitrogens is 2. The summed E-state index contributed by atoms with van der Waals surface area (Å²) in [6, 6.07) is 0. The second kappa shape index (κ2) is 2.87. The van der Waals surface area contributed by atoms with E-state index in [2.05, 4.69) is 5.10 Å². The molecule has 0 aliphatic heterocycles. The Labute approximate surface area is 76.2 Å². The van der Waals surface area contributed by atoms with Crippen molar-refractivity contribution in [1.29, 1.82) is 0 Å². The van der Waals surface area contributed by atoms with Gasteiger partial charge >= 0.3 is 5.97 Å². The van der Waals surface area contributed by atoms with Crippen molar-refractivity contribution in [1.82, 2.24) is 9.78 Å². The van der Waals surface area contributed by atoms with Crippen molar-refractivity contribution in [2.45, 2.75) is 26.3 Å². The van der Waals surface area contributed by atoms with Crippen LogP contribution in [0.25, 0.3) is 0 Å². The van der Waals surface area contributed by atoms with Crippen LogP contribution in [0.2, 0.25) is 0 Å². The zero-order valence-corrected chi connectivity index (χ0v) is 7.53. The molecule has 1 aromatic heterocycles. The van der Waals surface area contributed by atoms with Crippen LogP contribution >= 0.6 is 0 Å². The van der Waals surface area contributed by atoms with E-state index in [1.807, 2.05) is 0 Å². The van der Waals surface area contributed by atoms with Gasteiger partial charge in [0.1, 0.15) is 5.69 Å². The van der Waals surface area contributed by atoms with Crippen molar-refractivity contribution in [2.75, 3.05) is 0 Å². The summed E-state index contributed by atoms with van der Waals surface area (Å²) in [6.07, 6.45) is 4.03. The number of carboxylic acids is 1. The van der Waals surface area contributed by atoms with E-state index in [9.17, 15) is 4.79 Å². The van der Waals surface area contributed by atoms with Crippen LogP contribution in [0.3, 0.4) is 0 Å². The van der Waals surface area contributed by atoms with E-state index in [4.69, 9.17) is 5.11 Å². The zero-order chi connectivity index (χ0) is 9.42. The maximum atomic E-state index is 10.8. The first-order valence-electron chi connectivity index (χ1n) is 4.44. The van der Waals surface area contributed by atoms with Gasteiger partial charge in [0.2, 0.25) is 0 Å². The number of hydrogen-bond donors (Lipinski definition) is 1. The molecule has 0 unspecified atom stereocenters. The van der Waals surface area contributed by atoms with Gasteiger partial charge in [-0.1, -0.05) is 0 Å². The normalized spacial score (nSPS) is 16.1. The van der Waals surface area contributed by atoms with Gasteiger partial charge in [-0.15, -0.1) is 0 Å². The first-order valence-corrected chi connectivity index (χ1v) is 4.44. The fourth-order valence-corrected chi connectivity index (χ4v) is 1.44. The Kier molecular flexibility index (Phi) is 1.83. The topological polar surface area (TPSA) is 55.1 Å². The highest BCUT2D eigenvalue weighted by molar-refractivity contribution is 5.87. The van der Waals surface area contributed by atoms with Gasteiger partial charge in [0, 0.05) is 12.1 Å². The van der Waals surface area contributed by atoms with Crippen LogP contribution in [0.4, 0.5) is 0 Å². The molecule has 4 heteroatoms. The number of rotatable bonds is 3. The predicted octanol–water partition coefficient (Wildman–Crippen LogP) is 1.30. The number of aromatic carboxylic acids is 1. The molecule has 1 N–H and O–H groups in total. The molecule has 4 nitrogen and oxygen atoms in total. The van der Waals surface area contributed by atoms with Crippen LogP contribution in [0.15, 0.2) is 6.20 Å². The quantitative estimate of drug-likeness (QED) is 0.762. The lowest BCUT2D eigenvalue weighted by Gasteiger charge is -2.02. The number of aryl methyl sites for hydroxylation is 1. The highest BCUT2D eigenvalue weighted by Gasteiger charge is 2.25. The lowest BCUT2D eigenvalue weighted by atomic mass is 10.3. The predicted molar refractivity (Wildman–Crippen MR) is 46.6 cm³/mol. The van der Waals surface area contributed by atoms with Crippen LogP contribution in [-0.2, 0) is 6.54 Å². The SMILES string of the molecule is Cc1cnn(CC2CC2)c1C(=O)O. The fraction of sp³-hybridized carbons (Fsp3) is 0.556. The van der Waals surface area contributed by atoms with Crippen molar-refractivity contribution < 1.29 is 9.90 Å². The zero-order valence-electron chi connectivity index (χ0n) is 7.53. The highest BCUT2D eigenvalue weighted by Crippen LogP contribution is 2.30. The van der Waals surface area contributed by atoms with Gasteiger partial charge in [0.25, 0.3) is 0 Å². The Hall–Kier alpha value is -1.32. The minimum Gasteiger partial charge on any atom is -0.477 e. The summed E-state index contributed by atoms with van der Waals surface area (Å²) >= 11 is 0. The van der Waals surface area contributed by atoms with Crippen LogP contribution in [0, 0.1) is 12.8 Å². The molecule has 13 heavy (non-hydrogen) atoms. The van der Waals surface area contributed by atoms with Crippen LogP contribution in [0.1, 0.15) is 28.9 Å². The second-order valence-electron chi connectivity index (χ2n) is 3.61. The molecule has 0 saturated heterocycles. The molecule has 0 atom stereocenters. The summed E-state index contributed by atoms with van der Waals surface area (Å²) in [6.45, 7) is 2.54. The van der Waals surface area contributed by atoms with Gasteiger partial charge in [0.05, 0.1) is 6.20 Å². The summed E-state index contributed by atoms with van der Waals surface area (Å²) in [4.78, 5) is 10.8. The van der Waals surface area contributed by atoms with Gasteiger partial charge < -0.3 is 5.11 Å². The molecular weight excluding hydrogens is 168 g/mol. The standard InChI is InChI=1S/C9H12N2O2/c1-6-4-10-11(5-7-2-3-7)8(6)9(12)13/h4,7H,2-3,5H2,1H3,(H,12,13). The average molecular weight is 180 g/mol. The molecule has 1 aliphatic carbocycles. The van der Waals surface area contributed by atoms with E-state index < -0.39 is 5.97 Å². The molecule has 0 aromatic carbocycles. The third-order valence-electron chi connectivity index (χ3n) is 2.35. The first kappa shape index (κ1) is 8.29. The number of carbonyl (C=O) groups is 1. The van der Waals surface area contributed by atoms with Gasteiger partial charge in [-0.3, -0.25) is 4.68 Å². The summed E-state index contributed by atoms with van der Waals surface area (Å²) in [5.74, 6) is -0.229. The Morgan fingerprint density at radius 2 is 2.46 bits per heavy atom. The van der Waals surface area contributed by atoms with Crippen LogP contribution in [-0.4, -0.2) is 20.9 Å². The minimum atomic E-state index is -0.879. The van der Waals surface area contributed by atoms with Crippen molar-refractivity contribution in [3.05, 3.63) is 17.5 Å². The van der Waals surface area contributed by atoms with E-state index in [0.717, 1.165) is 12.1 Å². The molecule has 1 heterocycles. The Morgan fingerprint density at radius 3 is 3.00 bits per heavy atom. The van der Waals surface area contributed by atoms with Gasteiger partial charge in [0.15, 0.2) is 0 Å². The Balaban J connectivity index is 2.27. The largest absolute Gasteiger partial charge is 0.477 e. The maximum absolute atomic E-state index is 10.8. The smallest absolute Gasteiger partial charge is 0.354 e. The van der Waals surface area contributed by atoms with E-state index >= 15 is 0 Å². The number of nitrogens with zero attached hydrogens (tertiary/aromatic N) is 2. The minimum absolute atomic E-state index is 0.340. The van der Waals surface area contributed by atoms with E-state index in [1.165, 1.54) is 12.8 Å². The summed E-state index contributed by atoms with van der Waals surface area (Å²) in [5.41, 5.74) is 1.08. The van der Waals surface area contributed by atoms with Crippen LogP contribution < -0.4 is 0 Å². The molecule has 1 aliphatic rings. The fourth-order valence-electron chi connectivity index (χ4n) is 1.44. The third-order valence-corrected chi connectivity index (χ3v) is 2.35. The highest BCUT2D eigenvalue weighted by atomic mass is 16.4. The van der Waals surface area contributed by atoms with Gasteiger partial charge in [-0.05, 0) is 25.7 Å². The molecule has 0 bridgehead atoms.